The molecule has 0 atom stereocenters. The molecular weight excluding hydrogens is 246 g/mol. The summed E-state index contributed by atoms with van der Waals surface area (Å²) in [6.07, 6.45) is 3.68. The summed E-state index contributed by atoms with van der Waals surface area (Å²) in [6.45, 7) is 1.51. The highest BCUT2D eigenvalue weighted by atomic mass is 14.9. The highest BCUT2D eigenvalue weighted by Crippen LogP contribution is 2.09. The molecule has 0 aliphatic carbocycles. The van der Waals surface area contributed by atoms with Crippen LogP contribution >= 0.6 is 0 Å². The molecule has 0 radical (unpaired) electrons. The third-order valence-corrected chi connectivity index (χ3v) is 2.80. The Labute approximate surface area is 119 Å². The lowest BCUT2D eigenvalue weighted by atomic mass is 10.2. The van der Waals surface area contributed by atoms with Crippen LogP contribution in [0.15, 0.2) is 73.1 Å². The number of nitrogens with one attached hydrogen (secondary N) is 1. The average molecular weight is 265 g/mol. The van der Waals surface area contributed by atoms with E-state index in [0.29, 0.717) is 6.54 Å². The first-order valence-electron chi connectivity index (χ1n) is 6.68. The van der Waals surface area contributed by atoms with Crippen LogP contribution in [0.2, 0.25) is 0 Å². The number of nitrogens with zero attached hydrogens (tertiary/aromatic N) is 1. The first-order valence-corrected chi connectivity index (χ1v) is 6.68. The maximum atomic E-state index is 5.31. The Morgan fingerprint density at radius 1 is 0.850 bits per heavy atom. The fraction of sp³-hybridized carbons (Fsp3) is 0.118. The molecule has 3 rings (SSSR count). The monoisotopic (exact) mass is 265 g/mol. The van der Waals surface area contributed by atoms with E-state index in [-0.39, 0.29) is 0 Å². The molecule has 3 nitrogen and oxygen atoms in total. The minimum absolute atomic E-state index is 0.675. The molecule has 0 unspecified atom stereocenters. The molecule has 1 heterocycles. The van der Waals surface area contributed by atoms with Crippen molar-refractivity contribution in [2.24, 2.45) is 5.73 Å². The highest BCUT2D eigenvalue weighted by Gasteiger charge is 1.86. The number of anilines is 1. The van der Waals surface area contributed by atoms with Crippen molar-refractivity contribution in [2.45, 2.75) is 0 Å². The molecule has 3 N–H and O–H groups in total. The van der Waals surface area contributed by atoms with Gasteiger partial charge in [0.25, 0.3) is 0 Å². The number of benzene rings is 2. The molecule has 0 saturated carbocycles. The van der Waals surface area contributed by atoms with Gasteiger partial charge in [-0.25, -0.2) is 0 Å². The Morgan fingerprint density at radius 2 is 1.55 bits per heavy atom. The first-order chi connectivity index (χ1) is 9.90. The second kappa shape index (κ2) is 7.92. The Morgan fingerprint density at radius 3 is 2.25 bits per heavy atom. The van der Waals surface area contributed by atoms with Crippen molar-refractivity contribution < 1.29 is 0 Å². The zero-order chi connectivity index (χ0) is 14.0. The molecule has 102 valence electrons. The van der Waals surface area contributed by atoms with Crippen LogP contribution in [0.1, 0.15) is 0 Å². The predicted molar refractivity (Wildman–Crippen MR) is 85.7 cm³/mol. The van der Waals surface area contributed by atoms with Crippen molar-refractivity contribution in [2.75, 3.05) is 18.4 Å². The van der Waals surface area contributed by atoms with Crippen LogP contribution in [0.3, 0.4) is 0 Å². The van der Waals surface area contributed by atoms with Gasteiger partial charge in [-0.3, -0.25) is 4.98 Å². The minimum atomic E-state index is 0.675. The van der Waals surface area contributed by atoms with E-state index in [1.807, 2.05) is 60.9 Å². The van der Waals surface area contributed by atoms with E-state index in [2.05, 4.69) is 22.4 Å². The molecule has 0 saturated heterocycles. The van der Waals surface area contributed by atoms with Crippen molar-refractivity contribution in [1.82, 2.24) is 4.98 Å². The Bertz CT molecular complexity index is 558. The quantitative estimate of drug-likeness (QED) is 0.764. The van der Waals surface area contributed by atoms with E-state index in [4.69, 9.17) is 5.73 Å². The van der Waals surface area contributed by atoms with Gasteiger partial charge in [0, 0.05) is 31.2 Å². The maximum absolute atomic E-state index is 5.31. The van der Waals surface area contributed by atoms with Gasteiger partial charge in [0.1, 0.15) is 0 Å². The van der Waals surface area contributed by atoms with Gasteiger partial charge in [0.2, 0.25) is 0 Å². The van der Waals surface area contributed by atoms with Crippen LogP contribution in [-0.2, 0) is 0 Å². The van der Waals surface area contributed by atoms with Crippen molar-refractivity contribution in [3.63, 3.8) is 0 Å². The van der Waals surface area contributed by atoms with Crippen LogP contribution in [-0.4, -0.2) is 18.1 Å². The van der Waals surface area contributed by atoms with Gasteiger partial charge >= 0.3 is 0 Å². The minimum Gasteiger partial charge on any atom is -0.384 e. The molecule has 1 aromatic heterocycles. The van der Waals surface area contributed by atoms with Crippen LogP contribution in [0.4, 0.5) is 5.69 Å². The van der Waals surface area contributed by atoms with Crippen LogP contribution in [0.5, 0.6) is 0 Å². The van der Waals surface area contributed by atoms with E-state index in [9.17, 15) is 0 Å². The number of aromatic nitrogens is 1. The number of para-hydroxylation sites is 1. The molecule has 0 aliphatic heterocycles. The molecule has 0 amide bonds. The summed E-state index contributed by atoms with van der Waals surface area (Å²) in [7, 11) is 0. The summed E-state index contributed by atoms with van der Waals surface area (Å²) in [5, 5.41) is 5.62. The second-order valence-corrected chi connectivity index (χ2v) is 4.30. The zero-order valence-electron chi connectivity index (χ0n) is 11.4. The van der Waals surface area contributed by atoms with E-state index in [0.717, 1.165) is 12.2 Å². The number of pyridine rings is 1. The Kier molecular flexibility index (Phi) is 5.55. The number of hydrogen-bond donors (Lipinski definition) is 2. The summed E-state index contributed by atoms with van der Waals surface area (Å²) < 4.78 is 0. The lowest BCUT2D eigenvalue weighted by molar-refractivity contribution is 1.02. The van der Waals surface area contributed by atoms with Gasteiger partial charge in [-0.2, -0.15) is 0 Å². The molecule has 20 heavy (non-hydrogen) atoms. The van der Waals surface area contributed by atoms with Crippen molar-refractivity contribution in [3.05, 3.63) is 73.1 Å². The Hall–Kier alpha value is -2.39. The fourth-order valence-corrected chi connectivity index (χ4v) is 1.80. The van der Waals surface area contributed by atoms with Crippen molar-refractivity contribution >= 4 is 16.5 Å². The largest absolute Gasteiger partial charge is 0.384 e. The summed E-state index contributed by atoms with van der Waals surface area (Å²) in [4.78, 5) is 4.01. The Balaban J connectivity index is 0.000000147. The lowest BCUT2D eigenvalue weighted by Gasteiger charge is -2.01. The van der Waals surface area contributed by atoms with Gasteiger partial charge in [0.15, 0.2) is 0 Å². The summed E-state index contributed by atoms with van der Waals surface area (Å²) in [5.41, 5.74) is 6.45. The predicted octanol–water partition coefficient (Wildman–Crippen LogP) is 3.29. The number of nitrogens with two attached hydrogens (primary N) is 1. The van der Waals surface area contributed by atoms with Crippen LogP contribution < -0.4 is 11.1 Å². The smallest absolute Gasteiger partial charge is 0.0346 e. The molecule has 3 aromatic rings. The number of hydrogen-bond acceptors (Lipinski definition) is 3. The molecule has 0 fully saturated rings. The molecule has 0 aliphatic rings. The average Bonchev–Trinajstić information content (AvgIpc) is 2.55. The maximum Gasteiger partial charge on any atom is 0.0346 e. The van der Waals surface area contributed by atoms with E-state index >= 15 is 0 Å². The van der Waals surface area contributed by atoms with Crippen molar-refractivity contribution in [3.8, 4) is 0 Å². The molecule has 0 bridgehead atoms. The summed E-state index contributed by atoms with van der Waals surface area (Å²) in [6, 6.07) is 20.2. The number of fused-ring (bicyclic) bond motifs is 1. The van der Waals surface area contributed by atoms with Gasteiger partial charge in [0.05, 0.1) is 0 Å². The first kappa shape index (κ1) is 14.0. The van der Waals surface area contributed by atoms with E-state index in [1.54, 1.807) is 0 Å². The van der Waals surface area contributed by atoms with Gasteiger partial charge in [-0.1, -0.05) is 42.5 Å². The van der Waals surface area contributed by atoms with Gasteiger partial charge < -0.3 is 11.1 Å². The molecule has 0 spiro atoms. The molecule has 3 heteroatoms. The topological polar surface area (TPSA) is 50.9 Å². The fourth-order valence-electron chi connectivity index (χ4n) is 1.80. The van der Waals surface area contributed by atoms with E-state index in [1.165, 1.54) is 10.8 Å². The SMILES string of the molecule is NCCNc1ccccc1.c1ccc2cnccc2c1. The zero-order valence-corrected chi connectivity index (χ0v) is 11.4. The van der Waals surface area contributed by atoms with Crippen LogP contribution in [0.25, 0.3) is 10.8 Å². The summed E-state index contributed by atoms with van der Waals surface area (Å²) >= 11 is 0. The standard InChI is InChI=1S/C9H7N.C8H12N2/c1-2-4-9-7-10-6-5-8(9)3-1;9-6-7-10-8-4-2-1-3-5-8/h1-7H;1-5,10H,6-7,9H2. The van der Waals surface area contributed by atoms with Crippen molar-refractivity contribution in [1.29, 1.82) is 0 Å². The third-order valence-electron chi connectivity index (χ3n) is 2.80. The second-order valence-electron chi connectivity index (χ2n) is 4.30. The molecule has 2 aromatic carbocycles. The van der Waals surface area contributed by atoms with Crippen LogP contribution in [0, 0.1) is 0 Å². The normalized spacial score (nSPS) is 9.65. The van der Waals surface area contributed by atoms with E-state index < -0.39 is 0 Å². The highest BCUT2D eigenvalue weighted by molar-refractivity contribution is 5.80. The van der Waals surface area contributed by atoms with Gasteiger partial charge in [-0.05, 0) is 29.0 Å². The summed E-state index contributed by atoms with van der Waals surface area (Å²) in [5.74, 6) is 0. The number of rotatable bonds is 3. The lowest BCUT2D eigenvalue weighted by Crippen LogP contribution is -2.12. The third kappa shape index (κ3) is 4.37. The van der Waals surface area contributed by atoms with Gasteiger partial charge in [-0.15, -0.1) is 0 Å². The molecular formula is C17H19N3.